The molecule has 3 nitrogen and oxygen atoms in total. The summed E-state index contributed by atoms with van der Waals surface area (Å²) in [6.45, 7) is 14.6. The van der Waals surface area contributed by atoms with Crippen LogP contribution in [-0.2, 0) is 0 Å². The van der Waals surface area contributed by atoms with Gasteiger partial charge in [0, 0.05) is 5.57 Å². The Balaban J connectivity index is 3.35. The molecule has 1 aliphatic rings. The molecule has 28 heavy (non-hydrogen) atoms. The fourth-order valence-electron chi connectivity index (χ4n) is 3.77. The molecular weight excluding hydrogens is 344 g/mol. The molecule has 0 aromatic carbocycles. The van der Waals surface area contributed by atoms with Crippen molar-refractivity contribution in [2.24, 2.45) is 11.8 Å². The molecule has 0 fully saturated rings. The fraction of sp³-hybridized carbons (Fsp3) is 0.520. The zero-order valence-corrected chi connectivity index (χ0v) is 17.7. The van der Waals surface area contributed by atoms with Crippen LogP contribution in [-0.4, -0.2) is 11.2 Å². The van der Waals surface area contributed by atoms with E-state index in [0.717, 1.165) is 54.4 Å². The van der Waals surface area contributed by atoms with E-state index in [4.69, 9.17) is 0 Å². The van der Waals surface area contributed by atoms with Crippen molar-refractivity contribution in [3.8, 4) is 12.1 Å². The van der Waals surface area contributed by atoms with Crippen LogP contribution in [0.5, 0.6) is 0 Å². The smallest absolute Gasteiger partial charge is 0.0965 e. The first-order valence-corrected chi connectivity index (χ1v) is 10.3. The van der Waals surface area contributed by atoms with Crippen LogP contribution in [0.4, 0.5) is 0 Å². The van der Waals surface area contributed by atoms with E-state index in [0.29, 0.717) is 24.3 Å². The van der Waals surface area contributed by atoms with E-state index in [2.05, 4.69) is 45.2 Å². The zero-order valence-electron chi connectivity index (χ0n) is 17.7. The second-order valence-electron chi connectivity index (χ2n) is 7.65. The Hall–Kier alpha value is -2.36. The molecule has 0 aromatic heterocycles. The van der Waals surface area contributed by atoms with Crippen LogP contribution < -0.4 is 0 Å². The lowest BCUT2D eigenvalue weighted by Crippen LogP contribution is -2.20. The van der Waals surface area contributed by atoms with E-state index >= 15 is 0 Å². The third-order valence-electron chi connectivity index (χ3n) is 5.25. The maximum Gasteiger partial charge on any atom is 0.0965 e. The van der Waals surface area contributed by atoms with Gasteiger partial charge in [-0.3, -0.25) is 0 Å². The van der Waals surface area contributed by atoms with Crippen molar-refractivity contribution >= 4 is 0 Å². The maximum absolute atomic E-state index is 10.5. The molecule has 0 bridgehead atoms. The number of aliphatic hydroxyl groups is 1. The molecule has 0 amide bonds. The second kappa shape index (κ2) is 12.2. The van der Waals surface area contributed by atoms with Crippen LogP contribution in [0.1, 0.15) is 65.7 Å². The quantitative estimate of drug-likeness (QED) is 0.571. The van der Waals surface area contributed by atoms with Gasteiger partial charge >= 0.3 is 0 Å². The number of aliphatic hydroxyl groups excluding tert-OH is 1. The molecule has 0 saturated heterocycles. The topological polar surface area (TPSA) is 67.8 Å². The number of allylic oxidation sites excluding steroid dienone is 7. The van der Waals surface area contributed by atoms with Gasteiger partial charge in [-0.1, -0.05) is 52.2 Å². The van der Waals surface area contributed by atoms with Gasteiger partial charge in [-0.15, -0.1) is 0 Å². The minimum atomic E-state index is -0.734. The Kier molecular flexibility index (Phi) is 10.3. The van der Waals surface area contributed by atoms with Crippen LogP contribution in [0, 0.1) is 34.5 Å². The molecular formula is C25H34N2O. The van der Waals surface area contributed by atoms with Crippen LogP contribution >= 0.6 is 0 Å². The van der Waals surface area contributed by atoms with E-state index in [9.17, 15) is 15.6 Å². The van der Waals surface area contributed by atoms with E-state index in [1.807, 2.05) is 19.1 Å². The number of hydrogen-bond acceptors (Lipinski definition) is 3. The monoisotopic (exact) mass is 378 g/mol. The fourth-order valence-corrected chi connectivity index (χ4v) is 3.77. The summed E-state index contributed by atoms with van der Waals surface area (Å²) in [7, 11) is 0. The highest BCUT2D eigenvalue weighted by molar-refractivity contribution is 5.52. The molecule has 0 aromatic rings. The highest BCUT2D eigenvalue weighted by Gasteiger charge is 2.22. The summed E-state index contributed by atoms with van der Waals surface area (Å²) < 4.78 is 0. The number of nitriles is 2. The summed E-state index contributed by atoms with van der Waals surface area (Å²) in [6.07, 6.45) is 10.6. The van der Waals surface area contributed by atoms with Crippen molar-refractivity contribution in [2.75, 3.05) is 0 Å². The highest BCUT2D eigenvalue weighted by atomic mass is 16.3. The standard InChI is InChI=1S/C25H34N2O/c1-6-10-22-13-9-14-24(28)23(17-27)19(4)12-8-11-18(3)15-20(5)25(22)21(7-2)16-26/h8,10,12,18,23-24,28H,4-7,9,11,13-15H2,1-3H3/b12-8-,22-10-,25-21+. The summed E-state index contributed by atoms with van der Waals surface area (Å²) in [5, 5.41) is 29.7. The Morgan fingerprint density at radius 3 is 2.61 bits per heavy atom. The molecule has 1 aliphatic carbocycles. The van der Waals surface area contributed by atoms with Crippen molar-refractivity contribution in [1.29, 1.82) is 10.5 Å². The molecule has 3 atom stereocenters. The van der Waals surface area contributed by atoms with E-state index in [-0.39, 0.29) is 0 Å². The third kappa shape index (κ3) is 6.66. The Morgan fingerprint density at radius 2 is 2.04 bits per heavy atom. The summed E-state index contributed by atoms with van der Waals surface area (Å²) in [5.41, 5.74) is 4.62. The molecule has 1 rings (SSSR count). The number of rotatable bonds is 2. The van der Waals surface area contributed by atoms with Crippen molar-refractivity contribution in [2.45, 2.75) is 71.8 Å². The number of hydrogen-bond donors (Lipinski definition) is 1. The second-order valence-corrected chi connectivity index (χ2v) is 7.65. The van der Waals surface area contributed by atoms with Crippen molar-refractivity contribution in [1.82, 2.24) is 0 Å². The molecule has 0 aliphatic heterocycles. The van der Waals surface area contributed by atoms with Gasteiger partial charge in [-0.25, -0.2) is 0 Å². The first kappa shape index (κ1) is 23.7. The Morgan fingerprint density at radius 1 is 1.32 bits per heavy atom. The predicted octanol–water partition coefficient (Wildman–Crippen LogP) is 6.32. The van der Waals surface area contributed by atoms with Crippen LogP contribution in [0.25, 0.3) is 0 Å². The van der Waals surface area contributed by atoms with Gasteiger partial charge in [0.25, 0.3) is 0 Å². The van der Waals surface area contributed by atoms with Crippen molar-refractivity contribution in [3.05, 3.63) is 59.3 Å². The average molecular weight is 379 g/mol. The summed E-state index contributed by atoms with van der Waals surface area (Å²) >= 11 is 0. The average Bonchev–Trinajstić information content (AvgIpc) is 2.65. The summed E-state index contributed by atoms with van der Waals surface area (Å²) in [4.78, 5) is 0. The van der Waals surface area contributed by atoms with Crippen LogP contribution in [0.15, 0.2) is 59.3 Å². The minimum Gasteiger partial charge on any atom is -0.391 e. The lowest BCUT2D eigenvalue weighted by atomic mass is 9.83. The number of nitrogens with zero attached hydrogens (tertiary/aromatic N) is 2. The van der Waals surface area contributed by atoms with Gasteiger partial charge in [0.05, 0.1) is 24.2 Å². The first-order valence-electron chi connectivity index (χ1n) is 10.3. The van der Waals surface area contributed by atoms with E-state index in [1.54, 1.807) is 0 Å². The molecule has 0 spiro atoms. The predicted molar refractivity (Wildman–Crippen MR) is 116 cm³/mol. The van der Waals surface area contributed by atoms with Gasteiger partial charge in [0.2, 0.25) is 0 Å². The van der Waals surface area contributed by atoms with Gasteiger partial charge in [0.1, 0.15) is 0 Å². The van der Waals surface area contributed by atoms with Crippen LogP contribution in [0.2, 0.25) is 0 Å². The van der Waals surface area contributed by atoms with E-state index in [1.165, 1.54) is 0 Å². The van der Waals surface area contributed by atoms with Crippen molar-refractivity contribution in [3.63, 3.8) is 0 Å². The Bertz CT molecular complexity index is 739. The lowest BCUT2D eigenvalue weighted by molar-refractivity contribution is 0.136. The Labute approximate surface area is 171 Å². The molecule has 1 N–H and O–H groups in total. The van der Waals surface area contributed by atoms with Gasteiger partial charge in [-0.05, 0) is 73.2 Å². The highest BCUT2D eigenvalue weighted by Crippen LogP contribution is 2.33. The summed E-state index contributed by atoms with van der Waals surface area (Å²) in [6, 6.07) is 4.58. The van der Waals surface area contributed by atoms with E-state index < -0.39 is 12.0 Å². The molecule has 3 unspecified atom stereocenters. The lowest BCUT2D eigenvalue weighted by Gasteiger charge is -2.22. The van der Waals surface area contributed by atoms with Gasteiger partial charge in [0.15, 0.2) is 0 Å². The maximum atomic E-state index is 10.5. The van der Waals surface area contributed by atoms with Gasteiger partial charge in [-0.2, -0.15) is 10.5 Å². The zero-order chi connectivity index (χ0) is 21.1. The minimum absolute atomic E-state index is 0.361. The normalized spacial score (nSPS) is 29.5. The molecule has 0 radical (unpaired) electrons. The SMILES string of the molecule is C=C1CC(C)C/C=C\C(=C)C(C#N)C(O)CCCC(=C/CC)/C1=C(/C#N)CC. The van der Waals surface area contributed by atoms with Crippen LogP contribution in [0.3, 0.4) is 0 Å². The first-order chi connectivity index (χ1) is 13.4. The summed E-state index contributed by atoms with van der Waals surface area (Å²) in [5.74, 6) is -0.219. The molecule has 0 heterocycles. The molecule has 0 saturated carbocycles. The van der Waals surface area contributed by atoms with Crippen molar-refractivity contribution < 1.29 is 5.11 Å². The molecule has 3 heteroatoms. The largest absolute Gasteiger partial charge is 0.391 e. The third-order valence-corrected chi connectivity index (χ3v) is 5.25. The molecule has 150 valence electrons. The van der Waals surface area contributed by atoms with Gasteiger partial charge < -0.3 is 5.11 Å².